The van der Waals surface area contributed by atoms with E-state index in [4.69, 9.17) is 9.15 Å². The third-order valence-corrected chi connectivity index (χ3v) is 3.31. The van der Waals surface area contributed by atoms with E-state index in [0.29, 0.717) is 22.8 Å². The van der Waals surface area contributed by atoms with Crippen LogP contribution in [0.2, 0.25) is 0 Å². The predicted molar refractivity (Wildman–Crippen MR) is 83.9 cm³/mol. The Morgan fingerprint density at radius 1 is 1.17 bits per heavy atom. The molecule has 2 aromatic carbocycles. The Kier molecular flexibility index (Phi) is 4.51. The van der Waals surface area contributed by atoms with Crippen molar-refractivity contribution in [3.05, 3.63) is 65.8 Å². The topological polar surface area (TPSA) is 77.3 Å². The summed E-state index contributed by atoms with van der Waals surface area (Å²) in [4.78, 5) is 12.0. The van der Waals surface area contributed by atoms with Crippen LogP contribution in [0.3, 0.4) is 0 Å². The Morgan fingerprint density at radius 3 is 2.67 bits per heavy atom. The van der Waals surface area contributed by atoms with Gasteiger partial charge in [-0.2, -0.15) is 0 Å². The zero-order chi connectivity index (χ0) is 16.9. The van der Waals surface area contributed by atoms with E-state index in [1.54, 1.807) is 19.2 Å². The van der Waals surface area contributed by atoms with Crippen LogP contribution in [-0.2, 0) is 6.54 Å². The van der Waals surface area contributed by atoms with Crippen LogP contribution in [0.4, 0.5) is 4.39 Å². The molecule has 0 aliphatic heterocycles. The Bertz CT molecular complexity index is 846. The fourth-order valence-corrected chi connectivity index (χ4v) is 2.11. The summed E-state index contributed by atoms with van der Waals surface area (Å²) in [5.74, 6) is 0.421. The molecule has 1 N–H and O–H groups in total. The van der Waals surface area contributed by atoms with Crippen LogP contribution in [0.15, 0.2) is 52.9 Å². The number of halogens is 1. The van der Waals surface area contributed by atoms with Crippen molar-refractivity contribution in [2.24, 2.45) is 0 Å². The lowest BCUT2D eigenvalue weighted by Crippen LogP contribution is -2.22. The number of ether oxygens (including phenoxy) is 1. The third kappa shape index (κ3) is 3.40. The van der Waals surface area contributed by atoms with Gasteiger partial charge in [0.05, 0.1) is 19.2 Å². The van der Waals surface area contributed by atoms with E-state index in [-0.39, 0.29) is 18.3 Å². The fraction of sp³-hybridized carbons (Fsp3) is 0.118. The highest BCUT2D eigenvalue weighted by Gasteiger charge is 2.14. The molecule has 0 atom stereocenters. The fourth-order valence-electron chi connectivity index (χ4n) is 2.11. The molecule has 0 radical (unpaired) electrons. The summed E-state index contributed by atoms with van der Waals surface area (Å²) in [5, 5.41) is 10.5. The number of para-hydroxylation sites is 1. The van der Waals surface area contributed by atoms with Gasteiger partial charge in [0.1, 0.15) is 11.6 Å². The lowest BCUT2D eigenvalue weighted by atomic mass is 10.2. The van der Waals surface area contributed by atoms with Crippen molar-refractivity contribution in [1.82, 2.24) is 15.5 Å². The SMILES string of the molecule is COc1ccccc1-c1nnc(CNC(=O)c2ccc(F)cc2)o1. The number of nitrogens with zero attached hydrogens (tertiary/aromatic N) is 2. The Morgan fingerprint density at radius 2 is 1.92 bits per heavy atom. The van der Waals surface area contributed by atoms with E-state index in [1.165, 1.54) is 24.3 Å². The number of amides is 1. The molecule has 0 saturated heterocycles. The van der Waals surface area contributed by atoms with Crippen molar-refractivity contribution in [2.75, 3.05) is 7.11 Å². The van der Waals surface area contributed by atoms with Crippen LogP contribution in [0.5, 0.6) is 5.75 Å². The minimum Gasteiger partial charge on any atom is -0.496 e. The Balaban J connectivity index is 1.68. The van der Waals surface area contributed by atoms with E-state index in [0.717, 1.165) is 0 Å². The highest BCUT2D eigenvalue weighted by molar-refractivity contribution is 5.94. The van der Waals surface area contributed by atoms with E-state index in [2.05, 4.69) is 15.5 Å². The van der Waals surface area contributed by atoms with Gasteiger partial charge >= 0.3 is 0 Å². The number of rotatable bonds is 5. The molecule has 6 nitrogen and oxygen atoms in total. The number of nitrogens with one attached hydrogen (secondary N) is 1. The van der Waals surface area contributed by atoms with Crippen LogP contribution < -0.4 is 10.1 Å². The quantitative estimate of drug-likeness (QED) is 0.780. The second kappa shape index (κ2) is 6.91. The molecule has 1 heterocycles. The molecule has 122 valence electrons. The lowest BCUT2D eigenvalue weighted by Gasteiger charge is -2.04. The van der Waals surface area contributed by atoms with Gasteiger partial charge in [0.2, 0.25) is 5.89 Å². The Hall–Kier alpha value is -3.22. The van der Waals surface area contributed by atoms with E-state index < -0.39 is 5.82 Å². The van der Waals surface area contributed by atoms with Gasteiger partial charge in [-0.1, -0.05) is 12.1 Å². The molecule has 0 bridgehead atoms. The van der Waals surface area contributed by atoms with Gasteiger partial charge in [-0.05, 0) is 36.4 Å². The third-order valence-electron chi connectivity index (χ3n) is 3.31. The first-order valence-corrected chi connectivity index (χ1v) is 7.17. The maximum absolute atomic E-state index is 12.9. The zero-order valence-corrected chi connectivity index (χ0v) is 12.8. The monoisotopic (exact) mass is 327 g/mol. The van der Waals surface area contributed by atoms with Crippen molar-refractivity contribution in [3.8, 4) is 17.2 Å². The number of methoxy groups -OCH3 is 1. The number of benzene rings is 2. The number of hydrogen-bond acceptors (Lipinski definition) is 5. The van der Waals surface area contributed by atoms with Gasteiger partial charge in [-0.3, -0.25) is 4.79 Å². The zero-order valence-electron chi connectivity index (χ0n) is 12.8. The van der Waals surface area contributed by atoms with Gasteiger partial charge in [-0.25, -0.2) is 4.39 Å². The number of hydrogen-bond donors (Lipinski definition) is 1. The molecule has 0 aliphatic carbocycles. The first-order valence-electron chi connectivity index (χ1n) is 7.17. The summed E-state index contributed by atoms with van der Waals surface area (Å²) in [6, 6.07) is 12.5. The standard InChI is InChI=1S/C17H14FN3O3/c1-23-14-5-3-2-4-13(14)17-21-20-15(24-17)10-19-16(22)11-6-8-12(18)9-7-11/h2-9H,10H2,1H3,(H,19,22). The van der Waals surface area contributed by atoms with Crippen LogP contribution in [0.25, 0.3) is 11.5 Å². The summed E-state index contributed by atoms with van der Waals surface area (Å²) in [6.45, 7) is 0.0678. The van der Waals surface area contributed by atoms with Crippen molar-refractivity contribution in [2.45, 2.75) is 6.54 Å². The smallest absolute Gasteiger partial charge is 0.251 e. The van der Waals surface area contributed by atoms with Gasteiger partial charge in [0.25, 0.3) is 11.8 Å². The minimum atomic E-state index is -0.398. The molecule has 0 fully saturated rings. The average molecular weight is 327 g/mol. The normalized spacial score (nSPS) is 10.4. The molecule has 3 aromatic rings. The van der Waals surface area contributed by atoms with E-state index in [9.17, 15) is 9.18 Å². The van der Waals surface area contributed by atoms with Crippen molar-refractivity contribution in [1.29, 1.82) is 0 Å². The van der Waals surface area contributed by atoms with E-state index >= 15 is 0 Å². The molecule has 0 spiro atoms. The average Bonchev–Trinajstić information content (AvgIpc) is 3.09. The number of carbonyl (C=O) groups excluding carboxylic acids is 1. The summed E-state index contributed by atoms with van der Waals surface area (Å²) in [6.07, 6.45) is 0. The van der Waals surface area contributed by atoms with Gasteiger partial charge in [0, 0.05) is 5.56 Å². The summed E-state index contributed by atoms with van der Waals surface area (Å²) in [7, 11) is 1.55. The Labute approximate surface area is 137 Å². The molecular weight excluding hydrogens is 313 g/mol. The molecular formula is C17H14FN3O3. The highest BCUT2D eigenvalue weighted by atomic mass is 19.1. The minimum absolute atomic E-state index is 0.0678. The second-order valence-electron chi connectivity index (χ2n) is 4.89. The van der Waals surface area contributed by atoms with Gasteiger partial charge < -0.3 is 14.5 Å². The van der Waals surface area contributed by atoms with Crippen molar-refractivity contribution in [3.63, 3.8) is 0 Å². The van der Waals surface area contributed by atoms with Crippen LogP contribution in [0, 0.1) is 5.82 Å². The molecule has 0 aliphatic rings. The number of aromatic nitrogens is 2. The molecule has 3 rings (SSSR count). The first-order chi connectivity index (χ1) is 11.7. The molecule has 0 saturated carbocycles. The van der Waals surface area contributed by atoms with Crippen molar-refractivity contribution < 1.29 is 18.3 Å². The summed E-state index contributed by atoms with van der Waals surface area (Å²) in [5.41, 5.74) is 1.02. The molecule has 1 amide bonds. The van der Waals surface area contributed by atoms with Crippen LogP contribution >= 0.6 is 0 Å². The lowest BCUT2D eigenvalue weighted by molar-refractivity contribution is 0.0947. The van der Waals surface area contributed by atoms with Crippen molar-refractivity contribution >= 4 is 5.91 Å². The molecule has 24 heavy (non-hydrogen) atoms. The first kappa shape index (κ1) is 15.7. The summed E-state index contributed by atoms with van der Waals surface area (Å²) < 4.78 is 23.6. The van der Waals surface area contributed by atoms with E-state index in [1.807, 2.05) is 12.1 Å². The molecule has 1 aromatic heterocycles. The molecule has 0 unspecified atom stereocenters. The highest BCUT2D eigenvalue weighted by Crippen LogP contribution is 2.28. The maximum atomic E-state index is 12.9. The van der Waals surface area contributed by atoms with Crippen LogP contribution in [-0.4, -0.2) is 23.2 Å². The predicted octanol–water partition coefficient (Wildman–Crippen LogP) is 2.81. The van der Waals surface area contributed by atoms with Gasteiger partial charge in [0.15, 0.2) is 0 Å². The van der Waals surface area contributed by atoms with Crippen LogP contribution in [0.1, 0.15) is 16.2 Å². The molecule has 7 heteroatoms. The summed E-state index contributed by atoms with van der Waals surface area (Å²) >= 11 is 0. The largest absolute Gasteiger partial charge is 0.496 e. The number of carbonyl (C=O) groups is 1. The maximum Gasteiger partial charge on any atom is 0.251 e. The van der Waals surface area contributed by atoms with Gasteiger partial charge in [-0.15, -0.1) is 10.2 Å². The second-order valence-corrected chi connectivity index (χ2v) is 4.89.